The van der Waals surface area contributed by atoms with E-state index in [4.69, 9.17) is 11.6 Å². The summed E-state index contributed by atoms with van der Waals surface area (Å²) >= 11 is 5.41. The molecule has 0 unspecified atom stereocenters. The van der Waals surface area contributed by atoms with Gasteiger partial charge in [-0.1, -0.05) is 0 Å². The highest BCUT2D eigenvalue weighted by Crippen LogP contribution is 1.89. The maximum absolute atomic E-state index is 10.4. The molecule has 5 nitrogen and oxygen atoms in total. The predicted molar refractivity (Wildman–Crippen MR) is 35.8 cm³/mol. The molecular weight excluding hydrogens is 156 g/mol. The van der Waals surface area contributed by atoms with E-state index in [0.717, 1.165) is 6.42 Å². The summed E-state index contributed by atoms with van der Waals surface area (Å²) in [5, 5.41) is 1.42. The van der Waals surface area contributed by atoms with Crippen LogP contribution in [-0.2, 0) is 0 Å². The maximum Gasteiger partial charge on any atom is 0.347 e. The van der Waals surface area contributed by atoms with Crippen molar-refractivity contribution in [1.82, 2.24) is 21.5 Å². The lowest BCUT2D eigenvalue weighted by molar-refractivity contribution is 0.164. The van der Waals surface area contributed by atoms with E-state index >= 15 is 0 Å². The van der Waals surface area contributed by atoms with E-state index in [0.29, 0.717) is 12.4 Å². The van der Waals surface area contributed by atoms with Crippen molar-refractivity contribution in [3.05, 3.63) is 0 Å². The molecule has 1 radical (unpaired) electrons. The van der Waals surface area contributed by atoms with Crippen LogP contribution in [0.4, 0.5) is 4.79 Å². The zero-order valence-electron chi connectivity index (χ0n) is 5.30. The summed E-state index contributed by atoms with van der Waals surface area (Å²) in [4.78, 5) is 10.4. The van der Waals surface area contributed by atoms with Gasteiger partial charge in [0.25, 0.3) is 0 Å². The number of halogens is 1. The molecule has 57 valence electrons. The highest BCUT2D eigenvalue weighted by atomic mass is 35.5. The minimum atomic E-state index is -0.297. The van der Waals surface area contributed by atoms with Crippen LogP contribution < -0.4 is 16.4 Å². The van der Waals surface area contributed by atoms with Crippen LogP contribution in [0.3, 0.4) is 0 Å². The van der Waals surface area contributed by atoms with Gasteiger partial charge in [0.1, 0.15) is 0 Å². The number of hydrogen-bond donors (Lipinski definition) is 2. The highest BCUT2D eigenvalue weighted by molar-refractivity contribution is 6.17. The Kier molecular flexibility index (Phi) is 2.73. The molecule has 0 saturated carbocycles. The van der Waals surface area contributed by atoms with Crippen molar-refractivity contribution >= 4 is 17.6 Å². The Balaban J connectivity index is 2.12. The van der Waals surface area contributed by atoms with Crippen LogP contribution in [0, 0.1) is 0 Å². The standard InChI is InChI=1S/C4H8ClN4O/c5-2-1-3-9-7-4(10)6-8-9/h1-3H2,(H2,6,7,10). The smallest absolute Gasteiger partial charge is 0.253 e. The molecule has 0 aromatic heterocycles. The van der Waals surface area contributed by atoms with Gasteiger partial charge in [0.15, 0.2) is 0 Å². The first-order valence-corrected chi connectivity index (χ1v) is 3.47. The van der Waals surface area contributed by atoms with Crippen LogP contribution in [0.1, 0.15) is 6.42 Å². The Hall–Kier alpha value is -0.520. The summed E-state index contributed by atoms with van der Waals surface area (Å²) in [7, 11) is 0. The molecular formula is C4H8ClN4O. The van der Waals surface area contributed by atoms with E-state index in [9.17, 15) is 4.79 Å². The maximum atomic E-state index is 10.4. The fourth-order valence-corrected chi connectivity index (χ4v) is 0.708. The van der Waals surface area contributed by atoms with Crippen molar-refractivity contribution in [2.24, 2.45) is 0 Å². The topological polar surface area (TPSA) is 58.5 Å². The number of hydrogen-bond acceptors (Lipinski definition) is 2. The molecule has 1 heterocycles. The first-order valence-electron chi connectivity index (χ1n) is 2.93. The van der Waals surface area contributed by atoms with Crippen molar-refractivity contribution < 1.29 is 4.79 Å². The minimum absolute atomic E-state index is 0.297. The second-order valence-corrected chi connectivity index (χ2v) is 2.20. The molecule has 0 spiro atoms. The Labute approximate surface area is 63.6 Å². The van der Waals surface area contributed by atoms with Crippen molar-refractivity contribution in [1.29, 1.82) is 0 Å². The van der Waals surface area contributed by atoms with E-state index < -0.39 is 0 Å². The molecule has 10 heavy (non-hydrogen) atoms. The fraction of sp³-hybridized carbons (Fsp3) is 0.750. The van der Waals surface area contributed by atoms with E-state index in [-0.39, 0.29) is 6.03 Å². The van der Waals surface area contributed by atoms with E-state index in [1.165, 1.54) is 5.12 Å². The quantitative estimate of drug-likeness (QED) is 0.556. The van der Waals surface area contributed by atoms with E-state index in [1.807, 2.05) is 0 Å². The number of nitrogens with one attached hydrogen (secondary N) is 2. The summed E-state index contributed by atoms with van der Waals surface area (Å²) in [5.41, 5.74) is 8.30. The third-order valence-electron chi connectivity index (χ3n) is 1.01. The molecule has 2 N–H and O–H groups in total. The van der Waals surface area contributed by atoms with Gasteiger partial charge in [-0.15, -0.1) is 16.7 Å². The van der Waals surface area contributed by atoms with Crippen molar-refractivity contribution in [2.75, 3.05) is 12.4 Å². The highest BCUT2D eigenvalue weighted by Gasteiger charge is 2.16. The Morgan fingerprint density at radius 1 is 1.70 bits per heavy atom. The molecule has 6 heteroatoms. The number of nitrogens with zero attached hydrogens (tertiary/aromatic N) is 2. The SMILES string of the molecule is O=C1N[N]N(CCCCl)N1. The Bertz CT molecular complexity index is 130. The summed E-state index contributed by atoms with van der Waals surface area (Å²) in [6.07, 6.45) is 0.799. The number of amides is 2. The molecule has 1 aliphatic heterocycles. The zero-order chi connectivity index (χ0) is 7.40. The van der Waals surface area contributed by atoms with E-state index in [2.05, 4.69) is 16.4 Å². The van der Waals surface area contributed by atoms with Gasteiger partial charge < -0.3 is 0 Å². The number of carbonyl (C=O) groups is 1. The number of alkyl halides is 1. The summed E-state index contributed by atoms with van der Waals surface area (Å²) in [6.45, 7) is 0.641. The second kappa shape index (κ2) is 3.60. The molecule has 0 bridgehead atoms. The normalized spacial score (nSPS) is 18.7. The number of urea groups is 1. The van der Waals surface area contributed by atoms with Gasteiger partial charge in [0.2, 0.25) is 0 Å². The average Bonchev–Trinajstić information content (AvgIpc) is 2.31. The number of hydrazine groups is 1. The lowest BCUT2D eigenvalue weighted by Gasteiger charge is -2.08. The van der Waals surface area contributed by atoms with Gasteiger partial charge in [-0.2, -0.15) is 0 Å². The summed E-state index contributed by atoms with van der Waals surface area (Å²) in [6, 6.07) is -0.297. The molecule has 0 aromatic rings. The number of rotatable bonds is 3. The second-order valence-electron chi connectivity index (χ2n) is 1.82. The largest absolute Gasteiger partial charge is 0.347 e. The van der Waals surface area contributed by atoms with Crippen molar-refractivity contribution in [2.45, 2.75) is 6.42 Å². The molecule has 1 rings (SSSR count). The predicted octanol–water partition coefficient (Wildman–Crippen LogP) is -0.421. The Morgan fingerprint density at radius 2 is 2.50 bits per heavy atom. The van der Waals surface area contributed by atoms with Gasteiger partial charge in [-0.25, -0.2) is 10.2 Å². The third-order valence-corrected chi connectivity index (χ3v) is 1.27. The van der Waals surface area contributed by atoms with Crippen molar-refractivity contribution in [3.8, 4) is 0 Å². The lowest BCUT2D eigenvalue weighted by Crippen LogP contribution is -2.36. The van der Waals surface area contributed by atoms with E-state index in [1.54, 1.807) is 0 Å². The van der Waals surface area contributed by atoms with Crippen LogP contribution in [0.15, 0.2) is 0 Å². The van der Waals surface area contributed by atoms with Crippen molar-refractivity contribution in [3.63, 3.8) is 0 Å². The molecule has 0 aliphatic carbocycles. The van der Waals surface area contributed by atoms with Gasteiger partial charge >= 0.3 is 6.03 Å². The van der Waals surface area contributed by atoms with Crippen LogP contribution in [0.25, 0.3) is 0 Å². The van der Waals surface area contributed by atoms with Gasteiger partial charge in [0.05, 0.1) is 0 Å². The summed E-state index contributed by atoms with van der Waals surface area (Å²) < 4.78 is 0. The Morgan fingerprint density at radius 3 is 3.00 bits per heavy atom. The molecule has 1 fully saturated rings. The van der Waals surface area contributed by atoms with Gasteiger partial charge in [0, 0.05) is 12.4 Å². The molecule has 0 aromatic carbocycles. The zero-order valence-corrected chi connectivity index (χ0v) is 6.06. The minimum Gasteiger partial charge on any atom is -0.253 e. The van der Waals surface area contributed by atoms with Gasteiger partial charge in [-0.3, -0.25) is 5.43 Å². The third kappa shape index (κ3) is 2.02. The van der Waals surface area contributed by atoms with Crippen LogP contribution >= 0.6 is 11.6 Å². The van der Waals surface area contributed by atoms with Crippen LogP contribution in [0.2, 0.25) is 0 Å². The molecule has 0 atom stereocenters. The molecule has 1 aliphatic rings. The van der Waals surface area contributed by atoms with Crippen LogP contribution in [-0.4, -0.2) is 23.6 Å². The van der Waals surface area contributed by atoms with Gasteiger partial charge in [-0.05, 0) is 12.0 Å². The van der Waals surface area contributed by atoms with Crippen LogP contribution in [0.5, 0.6) is 0 Å². The average molecular weight is 164 g/mol. The molecule has 1 saturated heterocycles. The summed E-state index contributed by atoms with van der Waals surface area (Å²) in [5.74, 6) is 0.571. The first kappa shape index (κ1) is 7.59. The number of carbonyl (C=O) groups excluding carboxylic acids is 1. The monoisotopic (exact) mass is 163 g/mol. The first-order chi connectivity index (χ1) is 4.83. The fourth-order valence-electron chi connectivity index (χ4n) is 0.588. The lowest BCUT2D eigenvalue weighted by atomic mass is 10.5. The molecule has 2 amide bonds.